The van der Waals surface area contributed by atoms with Gasteiger partial charge in [0.05, 0.1) is 17.6 Å². The lowest BCUT2D eigenvalue weighted by Crippen LogP contribution is -2.52. The van der Waals surface area contributed by atoms with Crippen LogP contribution in [0, 0.1) is 6.92 Å². The number of aryl methyl sites for hydroxylation is 1. The van der Waals surface area contributed by atoms with Gasteiger partial charge in [-0.1, -0.05) is 84.4 Å². The fourth-order valence-electron chi connectivity index (χ4n) is 3.51. The average Bonchev–Trinajstić information content (AvgIpc) is 2.79. The molecule has 0 spiro atoms. The molecule has 33 heavy (non-hydrogen) atoms. The molecular formula is C24H24BF3NO3S-. The van der Waals surface area contributed by atoms with Gasteiger partial charge in [0.1, 0.15) is 0 Å². The highest BCUT2D eigenvalue weighted by molar-refractivity contribution is 7.90. The first kappa shape index (κ1) is 24.8. The van der Waals surface area contributed by atoms with E-state index in [4.69, 9.17) is 4.74 Å². The lowest BCUT2D eigenvalue weighted by Gasteiger charge is -2.41. The maximum absolute atomic E-state index is 14.5. The minimum atomic E-state index is -5.99. The lowest BCUT2D eigenvalue weighted by molar-refractivity contribution is 0.0313. The van der Waals surface area contributed by atoms with Crippen LogP contribution in [-0.4, -0.2) is 25.9 Å². The normalized spacial score (nSPS) is 14.1. The Morgan fingerprint density at radius 3 is 2.00 bits per heavy atom. The molecule has 0 bridgehead atoms. The molecular weight excluding hydrogens is 450 g/mol. The summed E-state index contributed by atoms with van der Waals surface area (Å²) in [7, 11) is -10.9. The maximum Gasteiger partial charge on any atom is 0.581 e. The molecule has 0 fully saturated rings. The Morgan fingerprint density at radius 2 is 1.48 bits per heavy atom. The SMILES string of the molecule is C=C[C@H](OCc1ccccc1)[C@H](c1ccccc1)N([B-](F)(F)F)S(=O)(=O)c1ccc(C)cc1. The van der Waals surface area contributed by atoms with E-state index in [1.165, 1.54) is 42.5 Å². The molecule has 3 aromatic carbocycles. The van der Waals surface area contributed by atoms with Crippen LogP contribution in [0.15, 0.2) is 102 Å². The van der Waals surface area contributed by atoms with E-state index in [-0.39, 0.29) is 16.4 Å². The molecule has 0 aromatic heterocycles. The molecule has 9 heteroatoms. The van der Waals surface area contributed by atoms with Crippen molar-refractivity contribution in [3.63, 3.8) is 0 Å². The van der Waals surface area contributed by atoms with Gasteiger partial charge in [-0.15, -0.1) is 6.58 Å². The number of benzene rings is 3. The summed E-state index contributed by atoms with van der Waals surface area (Å²) in [5.41, 5.74) is 1.61. The van der Waals surface area contributed by atoms with Crippen LogP contribution in [0.25, 0.3) is 0 Å². The molecule has 3 rings (SSSR count). The van der Waals surface area contributed by atoms with Crippen molar-refractivity contribution in [3.05, 3.63) is 114 Å². The van der Waals surface area contributed by atoms with E-state index in [1.807, 2.05) is 6.07 Å². The summed E-state index contributed by atoms with van der Waals surface area (Å²) in [4.78, 5) is -0.445. The summed E-state index contributed by atoms with van der Waals surface area (Å²) in [5, 5.41) is 0. The highest BCUT2D eigenvalue weighted by atomic mass is 32.2. The smallest absolute Gasteiger partial charge is 0.433 e. The van der Waals surface area contributed by atoms with Gasteiger partial charge < -0.3 is 17.7 Å². The summed E-state index contributed by atoms with van der Waals surface area (Å²) < 4.78 is 75.6. The Labute approximate surface area is 192 Å². The minimum absolute atomic E-state index is 0.00979. The van der Waals surface area contributed by atoms with E-state index in [0.29, 0.717) is 0 Å². The molecule has 174 valence electrons. The Hall–Kier alpha value is -2.88. The summed E-state index contributed by atoms with van der Waals surface area (Å²) in [5.74, 6) is 0. The van der Waals surface area contributed by atoms with E-state index >= 15 is 0 Å². The number of ether oxygens (including phenoxy) is 1. The Balaban J connectivity index is 2.11. The van der Waals surface area contributed by atoms with Crippen LogP contribution < -0.4 is 0 Å². The van der Waals surface area contributed by atoms with Crippen molar-refractivity contribution in [2.45, 2.75) is 30.6 Å². The summed E-state index contributed by atoms with van der Waals surface area (Å²) in [6.07, 6.45) is -0.0589. The number of hydrogen-bond acceptors (Lipinski definition) is 3. The largest absolute Gasteiger partial charge is 0.581 e. The summed E-state index contributed by atoms with van der Waals surface area (Å²) in [6.45, 7) is 5.36. The molecule has 0 aliphatic carbocycles. The van der Waals surface area contributed by atoms with Gasteiger partial charge in [0, 0.05) is 6.04 Å². The molecule has 0 aliphatic rings. The zero-order valence-corrected chi connectivity index (χ0v) is 18.8. The maximum atomic E-state index is 14.5. The molecule has 0 N–H and O–H groups in total. The van der Waals surface area contributed by atoms with E-state index in [2.05, 4.69) is 6.58 Å². The number of rotatable bonds is 10. The van der Waals surface area contributed by atoms with Crippen LogP contribution in [-0.2, 0) is 21.4 Å². The fourth-order valence-corrected chi connectivity index (χ4v) is 5.09. The second kappa shape index (κ2) is 10.4. The van der Waals surface area contributed by atoms with Gasteiger partial charge in [0.15, 0.2) is 0 Å². The third-order valence-corrected chi connectivity index (χ3v) is 7.02. The minimum Gasteiger partial charge on any atom is -0.433 e. The molecule has 0 amide bonds. The van der Waals surface area contributed by atoms with Crippen LogP contribution in [0.3, 0.4) is 0 Å². The van der Waals surface area contributed by atoms with Crippen molar-refractivity contribution in [1.29, 1.82) is 0 Å². The van der Waals surface area contributed by atoms with Crippen LogP contribution in [0.2, 0.25) is 0 Å². The zero-order valence-electron chi connectivity index (χ0n) is 18.0. The molecule has 2 atom stereocenters. The van der Waals surface area contributed by atoms with E-state index in [9.17, 15) is 21.4 Å². The van der Waals surface area contributed by atoms with E-state index in [1.54, 1.807) is 49.4 Å². The van der Waals surface area contributed by atoms with Crippen molar-refractivity contribution in [2.24, 2.45) is 0 Å². The number of hydrogen-bond donors (Lipinski definition) is 0. The monoisotopic (exact) mass is 474 g/mol. The average molecular weight is 474 g/mol. The van der Waals surface area contributed by atoms with Gasteiger partial charge in [-0.2, -0.15) is 0 Å². The van der Waals surface area contributed by atoms with Gasteiger partial charge in [-0.25, -0.2) is 8.42 Å². The molecule has 0 saturated carbocycles. The Kier molecular flexibility index (Phi) is 7.78. The van der Waals surface area contributed by atoms with Crippen molar-refractivity contribution >= 4 is 17.1 Å². The van der Waals surface area contributed by atoms with Gasteiger partial charge in [0.25, 0.3) is 0 Å². The van der Waals surface area contributed by atoms with Crippen LogP contribution in [0.4, 0.5) is 12.9 Å². The first-order valence-corrected chi connectivity index (χ1v) is 11.7. The molecule has 0 saturated heterocycles. The molecule has 0 radical (unpaired) electrons. The lowest BCUT2D eigenvalue weighted by atomic mass is 9.95. The fraction of sp³-hybridized carbons (Fsp3) is 0.167. The van der Waals surface area contributed by atoms with E-state index in [0.717, 1.165) is 11.1 Å². The van der Waals surface area contributed by atoms with Gasteiger partial charge in [-0.05, 0) is 30.2 Å². The Morgan fingerprint density at radius 1 is 0.939 bits per heavy atom. The van der Waals surface area contributed by atoms with Crippen LogP contribution in [0.5, 0.6) is 0 Å². The molecule has 4 nitrogen and oxygen atoms in total. The van der Waals surface area contributed by atoms with Crippen molar-refractivity contribution < 1.29 is 26.1 Å². The van der Waals surface area contributed by atoms with Crippen LogP contribution in [0.1, 0.15) is 22.7 Å². The number of nitrogens with zero attached hydrogens (tertiary/aromatic N) is 1. The summed E-state index contributed by atoms with van der Waals surface area (Å²) in [6, 6.07) is 20.1. The predicted octanol–water partition coefficient (Wildman–Crippen LogP) is 5.84. The highest BCUT2D eigenvalue weighted by Gasteiger charge is 2.48. The topological polar surface area (TPSA) is 46.6 Å². The summed E-state index contributed by atoms with van der Waals surface area (Å²) >= 11 is 0. The quantitative estimate of drug-likeness (QED) is 0.274. The van der Waals surface area contributed by atoms with Crippen LogP contribution >= 0.6 is 0 Å². The van der Waals surface area contributed by atoms with Gasteiger partial charge >= 0.3 is 7.11 Å². The number of sulfonamides is 1. The van der Waals surface area contributed by atoms with Crippen molar-refractivity contribution in [2.75, 3.05) is 0 Å². The van der Waals surface area contributed by atoms with E-state index < -0.39 is 34.2 Å². The second-order valence-corrected chi connectivity index (χ2v) is 9.38. The predicted molar refractivity (Wildman–Crippen MR) is 124 cm³/mol. The third kappa shape index (κ3) is 5.93. The molecule has 0 aliphatic heterocycles. The Bertz CT molecular complexity index is 1160. The van der Waals surface area contributed by atoms with Crippen molar-refractivity contribution in [1.82, 2.24) is 4.22 Å². The second-order valence-electron chi connectivity index (χ2n) is 7.54. The standard InChI is InChI=1S/C24H24BF3NO3S/c1-3-23(32-18-20-10-6-4-7-11-20)24(21-12-8-5-9-13-21)29(25(26,27)28)33(30,31)22-16-14-19(2)15-17-22/h3-17,23-24H,1,18H2,2H3/q-1/t23-,24-/m0/s1. The molecule has 3 aromatic rings. The zero-order chi connectivity index (χ0) is 24.1. The molecule has 0 unspecified atom stereocenters. The van der Waals surface area contributed by atoms with Gasteiger partial charge in [0.2, 0.25) is 10.0 Å². The highest BCUT2D eigenvalue weighted by Crippen LogP contribution is 2.38. The molecule has 0 heterocycles. The first-order chi connectivity index (χ1) is 15.6. The first-order valence-electron chi connectivity index (χ1n) is 10.3. The van der Waals surface area contributed by atoms with Crippen molar-refractivity contribution in [3.8, 4) is 0 Å². The van der Waals surface area contributed by atoms with Gasteiger partial charge in [-0.3, -0.25) is 4.22 Å². The number of halogens is 3. The third-order valence-electron chi connectivity index (χ3n) is 5.13.